The van der Waals surface area contributed by atoms with E-state index < -0.39 is 0 Å². The van der Waals surface area contributed by atoms with E-state index in [1.807, 2.05) is 25.2 Å². The van der Waals surface area contributed by atoms with Gasteiger partial charge in [-0.05, 0) is 37.3 Å². The number of nitrogen functional groups attached to an aromatic ring is 1. The monoisotopic (exact) mass is 519 g/mol. The maximum atomic E-state index is 13.2. The Labute approximate surface area is 223 Å². The van der Waals surface area contributed by atoms with Crippen LogP contribution in [0.1, 0.15) is 31.2 Å². The number of ether oxygens (including phenoxy) is 3. The minimum Gasteiger partial charge on any atom is -0.493 e. The Morgan fingerprint density at radius 3 is 2.39 bits per heavy atom. The van der Waals surface area contributed by atoms with Crippen LogP contribution in [-0.2, 0) is 14.9 Å². The minimum atomic E-state index is -0.146. The molecule has 0 radical (unpaired) electrons. The molecule has 2 fully saturated rings. The van der Waals surface area contributed by atoms with Gasteiger partial charge in [0.05, 0.1) is 19.7 Å². The lowest BCUT2D eigenvalue weighted by Crippen LogP contribution is -2.51. The Kier molecular flexibility index (Phi) is 7.56. The van der Waals surface area contributed by atoms with Crippen molar-refractivity contribution in [3.05, 3.63) is 48.0 Å². The molecular formula is C29H37N5O4. The van der Waals surface area contributed by atoms with Crippen LogP contribution in [0.4, 0.5) is 11.8 Å². The van der Waals surface area contributed by atoms with Gasteiger partial charge >= 0.3 is 0 Å². The lowest BCUT2D eigenvalue weighted by atomic mass is 9.72. The third-order valence-corrected chi connectivity index (χ3v) is 8.09. The second-order valence-corrected chi connectivity index (χ2v) is 10.3. The lowest BCUT2D eigenvalue weighted by Gasteiger charge is -2.45. The van der Waals surface area contributed by atoms with Gasteiger partial charge in [0, 0.05) is 62.7 Å². The number of aromatic nitrogens is 2. The fourth-order valence-electron chi connectivity index (χ4n) is 5.85. The molecule has 1 aromatic heterocycles. The number of methoxy groups -OCH3 is 2. The van der Waals surface area contributed by atoms with E-state index in [4.69, 9.17) is 24.9 Å². The topological polar surface area (TPSA) is 103 Å². The largest absolute Gasteiger partial charge is 0.493 e. The van der Waals surface area contributed by atoms with Crippen molar-refractivity contribution in [2.24, 2.45) is 5.92 Å². The van der Waals surface area contributed by atoms with E-state index in [2.05, 4.69) is 39.0 Å². The van der Waals surface area contributed by atoms with Gasteiger partial charge in [0.2, 0.25) is 11.9 Å². The van der Waals surface area contributed by atoms with Crippen molar-refractivity contribution in [2.75, 3.05) is 64.7 Å². The summed E-state index contributed by atoms with van der Waals surface area (Å²) in [6.45, 7) is 3.52. The molecule has 9 nitrogen and oxygen atoms in total. The first-order chi connectivity index (χ1) is 18.4. The SMILES string of the molecule is COc1cc2nc(N(C)CC3(c4ccccc4)CCN(C(=O)C4CCOCC4)CC3)nc(N)c2cc1OC. The zero-order chi connectivity index (χ0) is 26.7. The van der Waals surface area contributed by atoms with Crippen molar-refractivity contribution in [3.63, 3.8) is 0 Å². The summed E-state index contributed by atoms with van der Waals surface area (Å²) in [5.74, 6) is 2.48. The van der Waals surface area contributed by atoms with Crippen LogP contribution in [0, 0.1) is 5.92 Å². The van der Waals surface area contributed by atoms with Gasteiger partial charge in [0.15, 0.2) is 11.5 Å². The van der Waals surface area contributed by atoms with Crippen molar-refractivity contribution >= 4 is 28.6 Å². The van der Waals surface area contributed by atoms with Crippen molar-refractivity contribution in [1.82, 2.24) is 14.9 Å². The lowest BCUT2D eigenvalue weighted by molar-refractivity contribution is -0.140. The zero-order valence-corrected chi connectivity index (χ0v) is 22.5. The fraction of sp³-hybridized carbons (Fsp3) is 0.483. The molecule has 3 heterocycles. The first-order valence-corrected chi connectivity index (χ1v) is 13.3. The molecule has 3 aromatic rings. The van der Waals surface area contributed by atoms with Gasteiger partial charge in [-0.2, -0.15) is 4.98 Å². The third-order valence-electron chi connectivity index (χ3n) is 8.09. The highest BCUT2D eigenvalue weighted by atomic mass is 16.5. The number of benzene rings is 2. The number of anilines is 2. The van der Waals surface area contributed by atoms with Crippen molar-refractivity contribution < 1.29 is 19.0 Å². The second-order valence-electron chi connectivity index (χ2n) is 10.3. The van der Waals surface area contributed by atoms with Crippen LogP contribution in [0.25, 0.3) is 10.9 Å². The van der Waals surface area contributed by atoms with E-state index in [0.29, 0.717) is 48.5 Å². The number of carbonyl (C=O) groups excluding carboxylic acids is 1. The van der Waals surface area contributed by atoms with Crippen LogP contribution in [0.15, 0.2) is 42.5 Å². The van der Waals surface area contributed by atoms with Gasteiger partial charge < -0.3 is 29.7 Å². The van der Waals surface area contributed by atoms with Crippen LogP contribution in [0.5, 0.6) is 11.5 Å². The molecule has 2 aliphatic heterocycles. The van der Waals surface area contributed by atoms with Gasteiger partial charge in [0.1, 0.15) is 5.82 Å². The number of likely N-dealkylation sites (N-methyl/N-ethyl adjacent to an activating group) is 1. The van der Waals surface area contributed by atoms with E-state index >= 15 is 0 Å². The highest BCUT2D eigenvalue weighted by molar-refractivity contribution is 5.91. The molecule has 0 unspecified atom stereocenters. The van der Waals surface area contributed by atoms with Gasteiger partial charge in [-0.3, -0.25) is 4.79 Å². The minimum absolute atomic E-state index is 0.0836. The number of hydrogen-bond acceptors (Lipinski definition) is 8. The number of nitrogens with two attached hydrogens (primary N) is 1. The van der Waals surface area contributed by atoms with E-state index in [-0.39, 0.29) is 17.2 Å². The molecule has 2 saturated heterocycles. The van der Waals surface area contributed by atoms with Crippen LogP contribution in [0.2, 0.25) is 0 Å². The number of nitrogens with zero attached hydrogens (tertiary/aromatic N) is 4. The number of hydrogen-bond donors (Lipinski definition) is 1. The van der Waals surface area contributed by atoms with E-state index in [1.54, 1.807) is 14.2 Å². The molecule has 1 amide bonds. The summed E-state index contributed by atoms with van der Waals surface area (Å²) >= 11 is 0. The van der Waals surface area contributed by atoms with Crippen molar-refractivity contribution in [1.29, 1.82) is 0 Å². The standard InChI is InChI=1S/C29H37N5O4/c1-33(28-31-23-18-25(37-3)24(36-2)17-22(23)26(30)32-28)19-29(21-7-5-4-6-8-21)11-13-34(14-12-29)27(35)20-9-15-38-16-10-20/h4-8,17-18,20H,9-16,19H2,1-3H3,(H2,30,31,32). The molecule has 2 N–H and O–H groups in total. The number of rotatable bonds is 7. The molecular weight excluding hydrogens is 482 g/mol. The molecule has 202 valence electrons. The molecule has 0 spiro atoms. The summed E-state index contributed by atoms with van der Waals surface area (Å²) in [4.78, 5) is 26.8. The van der Waals surface area contributed by atoms with Gasteiger partial charge in [-0.15, -0.1) is 0 Å². The molecule has 0 aliphatic carbocycles. The van der Waals surface area contributed by atoms with Crippen LogP contribution >= 0.6 is 0 Å². The average molecular weight is 520 g/mol. The summed E-state index contributed by atoms with van der Waals surface area (Å²) in [5.41, 5.74) is 8.20. The summed E-state index contributed by atoms with van der Waals surface area (Å²) in [5, 5.41) is 0.720. The molecule has 2 aromatic carbocycles. The van der Waals surface area contributed by atoms with E-state index in [0.717, 1.165) is 44.2 Å². The summed E-state index contributed by atoms with van der Waals surface area (Å²) in [6, 6.07) is 14.2. The Morgan fingerprint density at radius 2 is 1.74 bits per heavy atom. The molecule has 0 bridgehead atoms. The predicted molar refractivity (Wildman–Crippen MR) is 148 cm³/mol. The second kappa shape index (κ2) is 11.0. The number of fused-ring (bicyclic) bond motifs is 1. The third kappa shape index (κ3) is 5.07. The summed E-state index contributed by atoms with van der Waals surface area (Å²) < 4.78 is 16.4. The zero-order valence-electron chi connectivity index (χ0n) is 22.5. The van der Waals surface area contributed by atoms with Gasteiger partial charge in [0.25, 0.3) is 0 Å². The maximum Gasteiger partial charge on any atom is 0.227 e. The number of carbonyl (C=O) groups is 1. The normalized spacial score (nSPS) is 17.8. The molecule has 2 aliphatic rings. The Bertz CT molecular complexity index is 1270. The number of amides is 1. The fourth-order valence-corrected chi connectivity index (χ4v) is 5.85. The maximum absolute atomic E-state index is 13.2. The van der Waals surface area contributed by atoms with E-state index in [1.165, 1.54) is 5.56 Å². The Morgan fingerprint density at radius 1 is 1.08 bits per heavy atom. The highest BCUT2D eigenvalue weighted by Crippen LogP contribution is 2.39. The number of piperidine rings is 1. The van der Waals surface area contributed by atoms with Crippen molar-refractivity contribution in [3.8, 4) is 11.5 Å². The van der Waals surface area contributed by atoms with Gasteiger partial charge in [-0.25, -0.2) is 4.98 Å². The van der Waals surface area contributed by atoms with Crippen molar-refractivity contribution in [2.45, 2.75) is 31.1 Å². The summed E-state index contributed by atoms with van der Waals surface area (Å²) in [6.07, 6.45) is 3.37. The molecule has 0 atom stereocenters. The highest BCUT2D eigenvalue weighted by Gasteiger charge is 2.40. The Balaban J connectivity index is 1.40. The molecule has 38 heavy (non-hydrogen) atoms. The van der Waals surface area contributed by atoms with Crippen LogP contribution < -0.4 is 20.1 Å². The average Bonchev–Trinajstić information content (AvgIpc) is 2.97. The predicted octanol–water partition coefficient (Wildman–Crippen LogP) is 3.65. The quantitative estimate of drug-likeness (QED) is 0.505. The summed E-state index contributed by atoms with van der Waals surface area (Å²) in [7, 11) is 5.20. The van der Waals surface area contributed by atoms with Crippen LogP contribution in [0.3, 0.4) is 0 Å². The Hall–Kier alpha value is -3.59. The molecule has 9 heteroatoms. The molecule has 0 saturated carbocycles. The van der Waals surface area contributed by atoms with E-state index in [9.17, 15) is 4.79 Å². The first-order valence-electron chi connectivity index (χ1n) is 13.3. The van der Waals surface area contributed by atoms with Crippen LogP contribution in [-0.4, -0.2) is 74.9 Å². The smallest absolute Gasteiger partial charge is 0.227 e. The number of likely N-dealkylation sites (tertiary alicyclic amines) is 1. The molecule has 5 rings (SSSR count). The van der Waals surface area contributed by atoms with Gasteiger partial charge in [-0.1, -0.05) is 30.3 Å². The first kappa shape index (κ1) is 26.0.